The quantitative estimate of drug-likeness (QED) is 0.674. The zero-order valence-electron chi connectivity index (χ0n) is 16.0. The molecule has 0 unspecified atom stereocenters. The lowest BCUT2D eigenvalue weighted by molar-refractivity contribution is -0.132. The Morgan fingerprint density at radius 1 is 0.964 bits per heavy atom. The lowest BCUT2D eigenvalue weighted by Crippen LogP contribution is -2.37. The molecule has 0 saturated carbocycles. The van der Waals surface area contributed by atoms with Crippen molar-refractivity contribution in [3.8, 4) is 0 Å². The molecule has 1 fully saturated rings. The van der Waals surface area contributed by atoms with Crippen molar-refractivity contribution in [2.75, 3.05) is 13.1 Å². The second-order valence-electron chi connectivity index (χ2n) is 7.40. The number of rotatable bonds is 4. The van der Waals surface area contributed by atoms with E-state index in [1.54, 1.807) is 41.1 Å². The Morgan fingerprint density at radius 3 is 2.36 bits per heavy atom. The van der Waals surface area contributed by atoms with Gasteiger partial charge in [-0.25, -0.2) is 8.42 Å². The van der Waals surface area contributed by atoms with E-state index < -0.39 is 9.84 Å². The van der Waals surface area contributed by atoms with Crippen LogP contribution in [0.5, 0.6) is 0 Å². The number of sulfone groups is 1. The highest BCUT2D eigenvalue weighted by molar-refractivity contribution is 7.91. The first-order chi connectivity index (χ1) is 13.5. The number of piperidine rings is 1. The maximum Gasteiger partial charge on any atom is 0.242 e. The van der Waals surface area contributed by atoms with E-state index in [4.69, 9.17) is 0 Å². The summed E-state index contributed by atoms with van der Waals surface area (Å²) >= 11 is 0. The monoisotopic (exact) mass is 396 g/mol. The Kier molecular flexibility index (Phi) is 4.98. The normalized spacial score (nSPS) is 15.1. The molecule has 28 heavy (non-hydrogen) atoms. The maximum absolute atomic E-state index is 13.3. The molecule has 0 aliphatic carbocycles. The van der Waals surface area contributed by atoms with Gasteiger partial charge in [0.15, 0.2) is 0 Å². The Hall–Kier alpha value is -2.60. The van der Waals surface area contributed by atoms with E-state index >= 15 is 0 Å². The number of aromatic nitrogens is 1. The number of hydrogen-bond acceptors (Lipinski definition) is 3. The third-order valence-electron chi connectivity index (χ3n) is 5.39. The van der Waals surface area contributed by atoms with Crippen molar-refractivity contribution in [1.82, 2.24) is 9.47 Å². The van der Waals surface area contributed by atoms with Gasteiger partial charge in [0.05, 0.1) is 9.79 Å². The molecule has 6 heteroatoms. The largest absolute Gasteiger partial charge is 0.341 e. The van der Waals surface area contributed by atoms with Crippen LogP contribution in [0.2, 0.25) is 0 Å². The highest BCUT2D eigenvalue weighted by Gasteiger charge is 2.25. The number of fused-ring (bicyclic) bond motifs is 1. The minimum atomic E-state index is -3.67. The summed E-state index contributed by atoms with van der Waals surface area (Å²) in [6.45, 7) is 3.65. The van der Waals surface area contributed by atoms with Crippen molar-refractivity contribution in [2.45, 2.75) is 42.5 Å². The topological polar surface area (TPSA) is 59.4 Å². The van der Waals surface area contributed by atoms with E-state index in [9.17, 15) is 13.2 Å². The van der Waals surface area contributed by atoms with E-state index in [0.717, 1.165) is 43.4 Å². The SMILES string of the molecule is Cc1ccc(S(=O)(=O)c2cn(CC(=O)N3CCCCC3)c3ccccc23)cc1. The molecule has 1 amide bonds. The van der Waals surface area contributed by atoms with Crippen molar-refractivity contribution in [3.05, 3.63) is 60.3 Å². The van der Waals surface area contributed by atoms with Crippen LogP contribution in [0.15, 0.2) is 64.5 Å². The highest BCUT2D eigenvalue weighted by atomic mass is 32.2. The van der Waals surface area contributed by atoms with Crippen molar-refractivity contribution in [2.24, 2.45) is 0 Å². The van der Waals surface area contributed by atoms with Crippen LogP contribution < -0.4 is 0 Å². The molecule has 3 aromatic rings. The van der Waals surface area contributed by atoms with Gasteiger partial charge in [-0.3, -0.25) is 4.79 Å². The Labute approximate surface area is 165 Å². The van der Waals surface area contributed by atoms with E-state index in [2.05, 4.69) is 0 Å². The summed E-state index contributed by atoms with van der Waals surface area (Å²) in [5, 5.41) is 0.648. The van der Waals surface area contributed by atoms with Gasteiger partial charge in [0.2, 0.25) is 15.7 Å². The summed E-state index contributed by atoms with van der Waals surface area (Å²) in [6.07, 6.45) is 4.84. The number of likely N-dealkylation sites (tertiary alicyclic amines) is 1. The van der Waals surface area contributed by atoms with Crippen LogP contribution in [-0.4, -0.2) is 36.9 Å². The molecule has 0 bridgehead atoms. The minimum Gasteiger partial charge on any atom is -0.341 e. The lowest BCUT2D eigenvalue weighted by atomic mass is 10.1. The van der Waals surface area contributed by atoms with Crippen LogP contribution in [-0.2, 0) is 21.2 Å². The molecule has 146 valence electrons. The molecule has 1 saturated heterocycles. The van der Waals surface area contributed by atoms with Gasteiger partial charge in [0.1, 0.15) is 6.54 Å². The van der Waals surface area contributed by atoms with Crippen LogP contribution in [0.25, 0.3) is 10.9 Å². The maximum atomic E-state index is 13.3. The Morgan fingerprint density at radius 2 is 1.64 bits per heavy atom. The third-order valence-corrected chi connectivity index (χ3v) is 7.18. The zero-order chi connectivity index (χ0) is 19.7. The van der Waals surface area contributed by atoms with Gasteiger partial charge < -0.3 is 9.47 Å². The lowest BCUT2D eigenvalue weighted by Gasteiger charge is -2.27. The van der Waals surface area contributed by atoms with E-state index in [-0.39, 0.29) is 22.2 Å². The number of nitrogens with zero attached hydrogens (tertiary/aromatic N) is 2. The molecule has 2 heterocycles. The number of aryl methyl sites for hydroxylation is 1. The highest BCUT2D eigenvalue weighted by Crippen LogP contribution is 2.30. The Bertz CT molecular complexity index is 1110. The van der Waals surface area contributed by atoms with Crippen LogP contribution >= 0.6 is 0 Å². The third kappa shape index (κ3) is 3.44. The molecule has 2 aromatic carbocycles. The average molecular weight is 397 g/mol. The minimum absolute atomic E-state index is 0.0414. The first kappa shape index (κ1) is 18.7. The zero-order valence-corrected chi connectivity index (χ0v) is 16.8. The molecule has 5 nitrogen and oxygen atoms in total. The summed E-state index contributed by atoms with van der Waals surface area (Å²) in [6, 6.07) is 14.2. The number of carbonyl (C=O) groups excluding carboxylic acids is 1. The smallest absolute Gasteiger partial charge is 0.242 e. The number of amides is 1. The summed E-state index contributed by atoms with van der Waals surface area (Å²) in [5.41, 5.74) is 1.77. The van der Waals surface area contributed by atoms with E-state index in [1.165, 1.54) is 0 Å². The Balaban J connectivity index is 1.74. The van der Waals surface area contributed by atoms with Crippen molar-refractivity contribution in [3.63, 3.8) is 0 Å². The average Bonchev–Trinajstić information content (AvgIpc) is 3.08. The fourth-order valence-electron chi connectivity index (χ4n) is 3.79. The molecular weight excluding hydrogens is 372 g/mol. The first-order valence-corrected chi connectivity index (χ1v) is 11.1. The van der Waals surface area contributed by atoms with Gasteiger partial charge >= 0.3 is 0 Å². The molecule has 0 radical (unpaired) electrons. The molecule has 0 N–H and O–H groups in total. The van der Waals surface area contributed by atoms with Crippen LogP contribution in [0.1, 0.15) is 24.8 Å². The summed E-state index contributed by atoms with van der Waals surface area (Å²) < 4.78 is 28.3. The second-order valence-corrected chi connectivity index (χ2v) is 9.31. The summed E-state index contributed by atoms with van der Waals surface area (Å²) in [5.74, 6) is 0.0414. The number of hydrogen-bond donors (Lipinski definition) is 0. The predicted octanol–water partition coefficient (Wildman–Crippen LogP) is 3.80. The second kappa shape index (κ2) is 7.43. The van der Waals surface area contributed by atoms with Gasteiger partial charge in [0, 0.05) is 30.2 Å². The summed E-state index contributed by atoms with van der Waals surface area (Å²) in [7, 11) is -3.67. The molecule has 1 aliphatic heterocycles. The van der Waals surface area contributed by atoms with Gasteiger partial charge in [-0.05, 0) is 44.4 Å². The van der Waals surface area contributed by atoms with Gasteiger partial charge in [-0.1, -0.05) is 35.9 Å². The van der Waals surface area contributed by atoms with Crippen molar-refractivity contribution < 1.29 is 13.2 Å². The van der Waals surface area contributed by atoms with Crippen LogP contribution in [0, 0.1) is 6.92 Å². The predicted molar refractivity (Wildman–Crippen MR) is 109 cm³/mol. The standard InChI is InChI=1S/C22H24N2O3S/c1-17-9-11-18(12-10-17)28(26,27)21-15-24(20-8-4-3-7-19(20)21)16-22(25)23-13-5-2-6-14-23/h3-4,7-12,15H,2,5-6,13-14,16H2,1H3. The number of carbonyl (C=O) groups is 1. The molecule has 0 spiro atoms. The first-order valence-electron chi connectivity index (χ1n) is 9.64. The van der Waals surface area contributed by atoms with E-state index in [1.807, 2.05) is 30.0 Å². The van der Waals surface area contributed by atoms with Crippen LogP contribution in [0.3, 0.4) is 0 Å². The molecule has 1 aromatic heterocycles. The van der Waals surface area contributed by atoms with E-state index in [0.29, 0.717) is 5.39 Å². The van der Waals surface area contributed by atoms with Crippen LogP contribution in [0.4, 0.5) is 0 Å². The molecule has 4 rings (SSSR count). The fourth-order valence-corrected chi connectivity index (χ4v) is 5.27. The summed E-state index contributed by atoms with van der Waals surface area (Å²) in [4.78, 5) is 15.1. The van der Waals surface area contributed by atoms with Gasteiger partial charge in [-0.15, -0.1) is 0 Å². The molecule has 1 aliphatic rings. The van der Waals surface area contributed by atoms with Crippen molar-refractivity contribution >= 4 is 26.6 Å². The van der Waals surface area contributed by atoms with Gasteiger partial charge in [0.25, 0.3) is 0 Å². The molecule has 0 atom stereocenters. The number of benzene rings is 2. The molecular formula is C22H24N2O3S. The van der Waals surface area contributed by atoms with Crippen molar-refractivity contribution in [1.29, 1.82) is 0 Å². The number of para-hydroxylation sites is 1. The van der Waals surface area contributed by atoms with Gasteiger partial charge in [-0.2, -0.15) is 0 Å². The fraction of sp³-hybridized carbons (Fsp3) is 0.318.